The van der Waals surface area contributed by atoms with E-state index in [0.29, 0.717) is 17.3 Å². The summed E-state index contributed by atoms with van der Waals surface area (Å²) in [7, 11) is 1.77. The molecular weight excluding hydrogens is 190 g/mol. The molecule has 1 aromatic rings. The van der Waals surface area contributed by atoms with E-state index >= 15 is 0 Å². The van der Waals surface area contributed by atoms with Crippen LogP contribution >= 0.6 is 0 Å². The van der Waals surface area contributed by atoms with Crippen molar-refractivity contribution in [1.29, 1.82) is 5.26 Å². The van der Waals surface area contributed by atoms with E-state index in [0.717, 1.165) is 31.6 Å². The van der Waals surface area contributed by atoms with Crippen molar-refractivity contribution in [2.45, 2.75) is 12.8 Å². The summed E-state index contributed by atoms with van der Waals surface area (Å²) < 4.78 is 1.58. The van der Waals surface area contributed by atoms with Crippen molar-refractivity contribution in [2.75, 3.05) is 18.8 Å². The van der Waals surface area contributed by atoms with Crippen molar-refractivity contribution in [3.63, 3.8) is 0 Å². The number of rotatable bonds is 2. The van der Waals surface area contributed by atoms with Crippen LogP contribution in [0.4, 0.5) is 5.82 Å². The highest BCUT2D eigenvalue weighted by atomic mass is 15.3. The molecule has 0 bridgehead atoms. The van der Waals surface area contributed by atoms with Crippen molar-refractivity contribution in [3.05, 3.63) is 11.3 Å². The molecule has 1 fully saturated rings. The van der Waals surface area contributed by atoms with Crippen LogP contribution in [0.5, 0.6) is 0 Å². The highest BCUT2D eigenvalue weighted by molar-refractivity contribution is 5.52. The molecule has 0 amide bonds. The molecule has 0 saturated carbocycles. The third kappa shape index (κ3) is 1.81. The maximum absolute atomic E-state index is 8.99. The zero-order valence-electron chi connectivity index (χ0n) is 8.82. The first-order valence-corrected chi connectivity index (χ1v) is 5.14. The second-order valence-electron chi connectivity index (χ2n) is 4.01. The molecular formula is C10H15N5. The van der Waals surface area contributed by atoms with E-state index < -0.39 is 0 Å². The lowest BCUT2D eigenvalue weighted by Crippen LogP contribution is -2.11. The number of nitrogens with one attached hydrogen (secondary N) is 1. The van der Waals surface area contributed by atoms with Gasteiger partial charge in [-0.05, 0) is 31.8 Å². The molecule has 15 heavy (non-hydrogen) atoms. The van der Waals surface area contributed by atoms with E-state index in [4.69, 9.17) is 11.0 Å². The van der Waals surface area contributed by atoms with Crippen LogP contribution in [-0.4, -0.2) is 22.9 Å². The lowest BCUT2D eigenvalue weighted by molar-refractivity contribution is 0.564. The van der Waals surface area contributed by atoms with Gasteiger partial charge >= 0.3 is 0 Å². The number of nitrogens with zero attached hydrogens (tertiary/aromatic N) is 3. The van der Waals surface area contributed by atoms with E-state index in [1.165, 1.54) is 0 Å². The van der Waals surface area contributed by atoms with Gasteiger partial charge in [-0.1, -0.05) is 0 Å². The quantitative estimate of drug-likeness (QED) is 0.713. The molecule has 5 heteroatoms. The van der Waals surface area contributed by atoms with Crippen molar-refractivity contribution < 1.29 is 0 Å². The molecule has 1 atom stereocenters. The van der Waals surface area contributed by atoms with Crippen molar-refractivity contribution in [2.24, 2.45) is 13.0 Å². The minimum Gasteiger partial charge on any atom is -0.383 e. The SMILES string of the molecule is Cn1nc(CC2CCNC2)c(C#N)c1N. The van der Waals surface area contributed by atoms with E-state index in [1.54, 1.807) is 11.7 Å². The second kappa shape index (κ2) is 3.91. The molecule has 0 aromatic carbocycles. The van der Waals surface area contributed by atoms with Crippen LogP contribution in [-0.2, 0) is 13.5 Å². The Labute approximate surface area is 88.9 Å². The molecule has 1 aliphatic heterocycles. The van der Waals surface area contributed by atoms with Gasteiger partial charge in [0.25, 0.3) is 0 Å². The van der Waals surface area contributed by atoms with Gasteiger partial charge < -0.3 is 11.1 Å². The van der Waals surface area contributed by atoms with Gasteiger partial charge in [-0.25, -0.2) is 0 Å². The zero-order chi connectivity index (χ0) is 10.8. The Hall–Kier alpha value is -1.54. The highest BCUT2D eigenvalue weighted by Gasteiger charge is 2.20. The summed E-state index contributed by atoms with van der Waals surface area (Å²) in [6.07, 6.45) is 2.00. The van der Waals surface area contributed by atoms with Crippen LogP contribution in [0, 0.1) is 17.2 Å². The number of nitrogen functional groups attached to an aromatic ring is 1. The molecule has 1 unspecified atom stereocenters. The molecule has 1 aliphatic rings. The molecule has 80 valence electrons. The summed E-state index contributed by atoms with van der Waals surface area (Å²) in [4.78, 5) is 0. The number of aryl methyl sites for hydroxylation is 1. The summed E-state index contributed by atoms with van der Waals surface area (Å²) >= 11 is 0. The normalized spacial score (nSPS) is 20.4. The minimum absolute atomic E-state index is 0.471. The Bertz CT molecular complexity index is 395. The molecule has 3 N–H and O–H groups in total. The first-order chi connectivity index (χ1) is 7.22. The van der Waals surface area contributed by atoms with Crippen molar-refractivity contribution in [1.82, 2.24) is 15.1 Å². The third-order valence-electron chi connectivity index (χ3n) is 2.92. The van der Waals surface area contributed by atoms with Gasteiger partial charge in [0.1, 0.15) is 17.5 Å². The third-order valence-corrected chi connectivity index (χ3v) is 2.92. The largest absolute Gasteiger partial charge is 0.383 e. The molecule has 1 saturated heterocycles. The summed E-state index contributed by atoms with van der Waals surface area (Å²) in [6, 6.07) is 2.13. The summed E-state index contributed by atoms with van der Waals surface area (Å²) in [5.74, 6) is 1.06. The lowest BCUT2D eigenvalue weighted by atomic mass is 10.0. The first-order valence-electron chi connectivity index (χ1n) is 5.14. The number of hydrogen-bond acceptors (Lipinski definition) is 4. The molecule has 1 aromatic heterocycles. The van der Waals surface area contributed by atoms with Gasteiger partial charge in [0.15, 0.2) is 0 Å². The first kappa shape index (κ1) is 9.99. The smallest absolute Gasteiger partial charge is 0.139 e. The monoisotopic (exact) mass is 205 g/mol. The number of anilines is 1. The summed E-state index contributed by atoms with van der Waals surface area (Å²) in [6.45, 7) is 2.08. The summed E-state index contributed by atoms with van der Waals surface area (Å²) in [5, 5.41) is 16.6. The van der Waals surface area contributed by atoms with Crippen LogP contribution in [0.1, 0.15) is 17.7 Å². The minimum atomic E-state index is 0.471. The number of nitrogens with two attached hydrogens (primary N) is 1. The Morgan fingerprint density at radius 3 is 3.13 bits per heavy atom. The second-order valence-corrected chi connectivity index (χ2v) is 4.01. The summed E-state index contributed by atoms with van der Waals surface area (Å²) in [5.41, 5.74) is 7.14. The maximum Gasteiger partial charge on any atom is 0.139 e. The van der Waals surface area contributed by atoms with E-state index in [2.05, 4.69) is 16.5 Å². The zero-order valence-corrected chi connectivity index (χ0v) is 8.82. The van der Waals surface area contributed by atoms with Crippen LogP contribution in [0.15, 0.2) is 0 Å². The molecule has 5 nitrogen and oxygen atoms in total. The molecule has 0 aliphatic carbocycles. The predicted molar refractivity (Wildman–Crippen MR) is 57.0 cm³/mol. The van der Waals surface area contributed by atoms with Crippen LogP contribution in [0.2, 0.25) is 0 Å². The van der Waals surface area contributed by atoms with Gasteiger partial charge in [-0.2, -0.15) is 10.4 Å². The van der Waals surface area contributed by atoms with E-state index in [9.17, 15) is 0 Å². The molecule has 0 spiro atoms. The van der Waals surface area contributed by atoms with Crippen LogP contribution in [0.3, 0.4) is 0 Å². The van der Waals surface area contributed by atoms with Crippen LogP contribution < -0.4 is 11.1 Å². The fourth-order valence-corrected chi connectivity index (χ4v) is 2.02. The van der Waals surface area contributed by atoms with Gasteiger partial charge in [-0.15, -0.1) is 0 Å². The number of nitriles is 1. The van der Waals surface area contributed by atoms with Gasteiger partial charge in [-0.3, -0.25) is 4.68 Å². The Morgan fingerprint density at radius 1 is 1.73 bits per heavy atom. The van der Waals surface area contributed by atoms with E-state index in [-0.39, 0.29) is 0 Å². The van der Waals surface area contributed by atoms with E-state index in [1.807, 2.05) is 0 Å². The maximum atomic E-state index is 8.99. The Kier molecular flexibility index (Phi) is 2.60. The van der Waals surface area contributed by atoms with Crippen molar-refractivity contribution in [3.8, 4) is 6.07 Å². The Morgan fingerprint density at radius 2 is 2.53 bits per heavy atom. The van der Waals surface area contributed by atoms with Gasteiger partial charge in [0, 0.05) is 7.05 Å². The molecule has 2 heterocycles. The van der Waals surface area contributed by atoms with Crippen molar-refractivity contribution >= 4 is 5.82 Å². The fraction of sp³-hybridized carbons (Fsp3) is 0.600. The fourth-order valence-electron chi connectivity index (χ4n) is 2.02. The Balaban J connectivity index is 2.20. The number of aromatic nitrogens is 2. The van der Waals surface area contributed by atoms with Crippen LogP contribution in [0.25, 0.3) is 0 Å². The highest BCUT2D eigenvalue weighted by Crippen LogP contribution is 2.20. The molecule has 2 rings (SSSR count). The average Bonchev–Trinajstić information content (AvgIpc) is 2.78. The predicted octanol–water partition coefficient (Wildman–Crippen LogP) is 0.0260. The number of hydrogen-bond donors (Lipinski definition) is 2. The van der Waals surface area contributed by atoms with Gasteiger partial charge in [0.05, 0.1) is 5.69 Å². The standard InChI is InChI=1S/C10H15N5/c1-15-10(12)8(5-11)9(14-15)4-7-2-3-13-6-7/h7,13H,2-4,6,12H2,1H3. The average molecular weight is 205 g/mol. The molecule has 0 radical (unpaired) electrons. The topological polar surface area (TPSA) is 79.7 Å². The lowest BCUT2D eigenvalue weighted by Gasteiger charge is -2.04. The van der Waals surface area contributed by atoms with Gasteiger partial charge in [0.2, 0.25) is 0 Å².